The number of hydrogen-bond donors (Lipinski definition) is 0. The quantitative estimate of drug-likeness (QED) is 0.423. The summed E-state index contributed by atoms with van der Waals surface area (Å²) in [5.41, 5.74) is 0.485. The lowest BCUT2D eigenvalue weighted by Gasteiger charge is -2.34. The number of halogens is 1. The van der Waals surface area contributed by atoms with Crippen LogP contribution in [0.3, 0.4) is 0 Å². The summed E-state index contributed by atoms with van der Waals surface area (Å²) in [6.07, 6.45) is 3.57. The van der Waals surface area contributed by atoms with Crippen LogP contribution in [0.4, 0.5) is 11.4 Å². The van der Waals surface area contributed by atoms with Gasteiger partial charge in [-0.05, 0) is 37.1 Å². The Balaban J connectivity index is 1.49. The summed E-state index contributed by atoms with van der Waals surface area (Å²) in [6.45, 7) is 2.09. The van der Waals surface area contributed by atoms with Gasteiger partial charge in [0, 0.05) is 31.1 Å². The van der Waals surface area contributed by atoms with Crippen molar-refractivity contribution in [2.24, 2.45) is 5.92 Å². The third kappa shape index (κ3) is 4.69. The molecule has 3 aromatic rings. The minimum Gasteiger partial charge on any atom is -0.493 e. The fraction of sp³-hybridized carbons (Fsp3) is 0.273. The van der Waals surface area contributed by atoms with Gasteiger partial charge in [0.1, 0.15) is 10.8 Å². The van der Waals surface area contributed by atoms with Gasteiger partial charge >= 0.3 is 0 Å². The molecular weight excluding hydrogens is 420 g/mol. The number of para-hydroxylation sites is 1. The molecule has 1 aromatic heterocycles. The van der Waals surface area contributed by atoms with Crippen LogP contribution in [-0.4, -0.2) is 34.4 Å². The Kier molecular flexibility index (Phi) is 6.18. The van der Waals surface area contributed by atoms with E-state index < -0.39 is 10.5 Å². The number of benzene rings is 2. The van der Waals surface area contributed by atoms with Crippen molar-refractivity contribution in [2.75, 3.05) is 24.6 Å². The molecule has 8 nitrogen and oxygen atoms in total. The molecule has 1 aliphatic heterocycles. The fourth-order valence-electron chi connectivity index (χ4n) is 3.69. The zero-order valence-corrected chi connectivity index (χ0v) is 17.4. The van der Waals surface area contributed by atoms with Gasteiger partial charge in [0.2, 0.25) is 0 Å². The van der Waals surface area contributed by atoms with E-state index in [2.05, 4.69) is 10.00 Å². The molecule has 160 valence electrons. The SMILES string of the molecule is O=c1c(Cl)c(N2CCCC(COc3ccccc3)C2)cnn1-c1ccc([N+](=O)[O-])cc1. The van der Waals surface area contributed by atoms with Gasteiger partial charge in [-0.3, -0.25) is 14.9 Å². The molecule has 0 N–H and O–H groups in total. The molecule has 9 heteroatoms. The van der Waals surface area contributed by atoms with Gasteiger partial charge in [-0.25, -0.2) is 0 Å². The monoisotopic (exact) mass is 440 g/mol. The molecule has 1 unspecified atom stereocenters. The summed E-state index contributed by atoms with van der Waals surface area (Å²) in [5, 5.41) is 15.2. The Bertz CT molecular complexity index is 1120. The van der Waals surface area contributed by atoms with E-state index in [4.69, 9.17) is 16.3 Å². The number of aromatic nitrogens is 2. The fourth-order valence-corrected chi connectivity index (χ4v) is 3.94. The number of rotatable bonds is 6. The summed E-state index contributed by atoms with van der Waals surface area (Å²) >= 11 is 6.43. The summed E-state index contributed by atoms with van der Waals surface area (Å²) in [6, 6.07) is 15.3. The highest BCUT2D eigenvalue weighted by molar-refractivity contribution is 6.33. The second-order valence-electron chi connectivity index (χ2n) is 7.41. The standard InChI is InChI=1S/C22H21ClN4O4/c23-21-20(13-24-26(22(21)28)17-8-10-18(11-9-17)27(29)30)25-12-4-5-16(14-25)15-31-19-6-2-1-3-7-19/h1-3,6-11,13,16H,4-5,12,14-15H2. The molecule has 0 spiro atoms. The molecule has 0 saturated carbocycles. The van der Waals surface area contributed by atoms with Crippen LogP contribution < -0.4 is 15.2 Å². The van der Waals surface area contributed by atoms with Gasteiger partial charge < -0.3 is 9.64 Å². The predicted molar refractivity (Wildman–Crippen MR) is 118 cm³/mol. The third-order valence-electron chi connectivity index (χ3n) is 5.29. The zero-order valence-electron chi connectivity index (χ0n) is 16.7. The van der Waals surface area contributed by atoms with Crippen LogP contribution in [-0.2, 0) is 0 Å². The van der Waals surface area contributed by atoms with E-state index in [0.29, 0.717) is 23.9 Å². The molecule has 1 atom stereocenters. The Morgan fingerprint density at radius 2 is 1.90 bits per heavy atom. The maximum atomic E-state index is 12.8. The third-order valence-corrected chi connectivity index (χ3v) is 5.65. The van der Waals surface area contributed by atoms with Crippen molar-refractivity contribution in [2.45, 2.75) is 12.8 Å². The smallest absolute Gasteiger partial charge is 0.292 e. The maximum absolute atomic E-state index is 12.8. The number of anilines is 1. The molecule has 1 aliphatic rings. The van der Waals surface area contributed by atoms with Crippen molar-refractivity contribution in [3.05, 3.63) is 86.3 Å². The molecule has 0 aliphatic carbocycles. The van der Waals surface area contributed by atoms with Crippen molar-refractivity contribution < 1.29 is 9.66 Å². The first-order chi connectivity index (χ1) is 15.0. The molecule has 2 heterocycles. The first kappa shape index (κ1) is 20.9. The van der Waals surface area contributed by atoms with E-state index in [1.165, 1.54) is 24.3 Å². The van der Waals surface area contributed by atoms with Crippen LogP contribution in [0.25, 0.3) is 5.69 Å². The molecule has 1 fully saturated rings. The van der Waals surface area contributed by atoms with Gasteiger partial charge in [0.15, 0.2) is 0 Å². The van der Waals surface area contributed by atoms with Crippen LogP contribution >= 0.6 is 11.6 Å². The largest absolute Gasteiger partial charge is 0.493 e. The Labute approximate surface area is 183 Å². The zero-order chi connectivity index (χ0) is 21.8. The molecule has 0 radical (unpaired) electrons. The normalized spacial score (nSPS) is 16.2. The van der Waals surface area contributed by atoms with Gasteiger partial charge in [-0.1, -0.05) is 29.8 Å². The van der Waals surface area contributed by atoms with Crippen LogP contribution in [0.5, 0.6) is 5.75 Å². The highest BCUT2D eigenvalue weighted by atomic mass is 35.5. The minimum absolute atomic E-state index is 0.0587. The van der Waals surface area contributed by atoms with E-state index in [9.17, 15) is 14.9 Å². The van der Waals surface area contributed by atoms with Crippen molar-refractivity contribution in [3.63, 3.8) is 0 Å². The van der Waals surface area contributed by atoms with E-state index >= 15 is 0 Å². The summed E-state index contributed by atoms with van der Waals surface area (Å²) in [5.74, 6) is 1.15. The lowest BCUT2D eigenvalue weighted by Crippen LogP contribution is -2.39. The Morgan fingerprint density at radius 1 is 1.16 bits per heavy atom. The average molecular weight is 441 g/mol. The second kappa shape index (κ2) is 9.18. The summed E-state index contributed by atoms with van der Waals surface area (Å²) in [4.78, 5) is 25.2. The first-order valence-electron chi connectivity index (χ1n) is 9.98. The van der Waals surface area contributed by atoms with Crippen molar-refractivity contribution in [3.8, 4) is 11.4 Å². The van der Waals surface area contributed by atoms with E-state index in [1.807, 2.05) is 30.3 Å². The molecule has 4 rings (SSSR count). The molecule has 31 heavy (non-hydrogen) atoms. The minimum atomic E-state index is -0.496. The molecule has 2 aromatic carbocycles. The lowest BCUT2D eigenvalue weighted by molar-refractivity contribution is -0.384. The highest BCUT2D eigenvalue weighted by Crippen LogP contribution is 2.28. The number of hydrogen-bond acceptors (Lipinski definition) is 6. The Morgan fingerprint density at radius 3 is 2.61 bits per heavy atom. The van der Waals surface area contributed by atoms with E-state index in [1.54, 1.807) is 6.20 Å². The van der Waals surface area contributed by atoms with Crippen molar-refractivity contribution >= 4 is 23.0 Å². The highest BCUT2D eigenvalue weighted by Gasteiger charge is 2.24. The van der Waals surface area contributed by atoms with Gasteiger partial charge in [0.25, 0.3) is 11.2 Å². The van der Waals surface area contributed by atoms with Crippen LogP contribution in [0, 0.1) is 16.0 Å². The van der Waals surface area contributed by atoms with Crippen molar-refractivity contribution in [1.82, 2.24) is 9.78 Å². The predicted octanol–water partition coefficient (Wildman–Crippen LogP) is 4.09. The van der Waals surface area contributed by atoms with Crippen LogP contribution in [0.2, 0.25) is 5.02 Å². The van der Waals surface area contributed by atoms with E-state index in [0.717, 1.165) is 36.4 Å². The van der Waals surface area contributed by atoms with Crippen molar-refractivity contribution in [1.29, 1.82) is 0 Å². The van der Waals surface area contributed by atoms with Gasteiger partial charge in [0.05, 0.1) is 29.1 Å². The van der Waals surface area contributed by atoms with Gasteiger partial charge in [-0.2, -0.15) is 9.78 Å². The first-order valence-corrected chi connectivity index (χ1v) is 10.4. The van der Waals surface area contributed by atoms with Crippen LogP contribution in [0.15, 0.2) is 65.6 Å². The number of non-ortho nitro benzene ring substituents is 1. The Hall–Kier alpha value is -3.39. The van der Waals surface area contributed by atoms with Crippen LogP contribution in [0.1, 0.15) is 12.8 Å². The lowest BCUT2D eigenvalue weighted by atomic mass is 9.98. The molecule has 1 saturated heterocycles. The molecule has 0 amide bonds. The number of ether oxygens (including phenoxy) is 1. The number of nitrogens with zero attached hydrogens (tertiary/aromatic N) is 4. The second-order valence-corrected chi connectivity index (χ2v) is 7.79. The average Bonchev–Trinajstić information content (AvgIpc) is 2.80. The van der Waals surface area contributed by atoms with E-state index in [-0.39, 0.29) is 10.7 Å². The van der Waals surface area contributed by atoms with Gasteiger partial charge in [-0.15, -0.1) is 0 Å². The summed E-state index contributed by atoms with van der Waals surface area (Å²) in [7, 11) is 0. The molecule has 0 bridgehead atoms. The number of nitro benzene ring substituents is 1. The maximum Gasteiger partial charge on any atom is 0.292 e. The number of nitro groups is 1. The topological polar surface area (TPSA) is 90.5 Å². The molecular formula is C22H21ClN4O4. The summed E-state index contributed by atoms with van der Waals surface area (Å²) < 4.78 is 7.05. The number of piperidine rings is 1.